The van der Waals surface area contributed by atoms with E-state index < -0.39 is 26.0 Å². The van der Waals surface area contributed by atoms with Crippen LogP contribution in [-0.4, -0.2) is 49.1 Å². The average molecular weight is 374 g/mol. The van der Waals surface area contributed by atoms with E-state index >= 15 is 0 Å². The number of rotatable bonds is 8. The van der Waals surface area contributed by atoms with Gasteiger partial charge in [-0.1, -0.05) is 0 Å². The average Bonchev–Trinajstić information content (AvgIpc) is 2.45. The molecule has 0 saturated heterocycles. The molecule has 0 spiro atoms. The van der Waals surface area contributed by atoms with E-state index in [2.05, 4.69) is 9.00 Å². The van der Waals surface area contributed by atoms with Crippen LogP contribution >= 0.6 is 0 Å². The van der Waals surface area contributed by atoms with Gasteiger partial charge in [-0.15, -0.1) is 0 Å². The summed E-state index contributed by atoms with van der Waals surface area (Å²) in [5.41, 5.74) is 5.62. The van der Waals surface area contributed by atoms with Gasteiger partial charge in [-0.3, -0.25) is 0 Å². The minimum atomic E-state index is -1.32. The molecule has 9 nitrogen and oxygen atoms in total. The van der Waals surface area contributed by atoms with E-state index in [1.54, 1.807) is 0 Å². The number of hydrogen-bond donors (Lipinski definition) is 2. The van der Waals surface area contributed by atoms with Crippen LogP contribution in [0.1, 0.15) is 25.7 Å². The number of nitrogens with two attached hydrogens (primary N) is 1. The van der Waals surface area contributed by atoms with Crippen molar-refractivity contribution in [2.45, 2.75) is 25.7 Å². The molecule has 0 aromatic rings. The third kappa shape index (κ3) is 5.30. The molecule has 22 heavy (non-hydrogen) atoms. The summed E-state index contributed by atoms with van der Waals surface area (Å²) >= 11 is -1.32. The van der Waals surface area contributed by atoms with Crippen molar-refractivity contribution in [3.8, 4) is 0 Å². The van der Waals surface area contributed by atoms with Crippen molar-refractivity contribution < 1.29 is 18.7 Å². The zero-order chi connectivity index (χ0) is 16.5. The van der Waals surface area contributed by atoms with Gasteiger partial charge < -0.3 is 0 Å². The number of hydrogen-bond acceptors (Lipinski definition) is 6. The summed E-state index contributed by atoms with van der Waals surface area (Å²) in [5.74, 6) is -0.834. The molecule has 0 fully saturated rings. The first-order valence-electron chi connectivity index (χ1n) is 6.43. The Morgan fingerprint density at radius 3 is 2.68 bits per heavy atom. The SMILES string of the molecule is NC1=C([N+](=O)[O-])C=CC(=NCCCCCC(=O)O)C1=N[Se]=O. The van der Waals surface area contributed by atoms with Gasteiger partial charge in [0.1, 0.15) is 0 Å². The normalized spacial score (nSPS) is 18.0. The van der Waals surface area contributed by atoms with Crippen LogP contribution in [0.5, 0.6) is 0 Å². The molecular formula is C12H15N4O5Se. The van der Waals surface area contributed by atoms with Crippen molar-refractivity contribution in [1.82, 2.24) is 0 Å². The molecule has 119 valence electrons. The van der Waals surface area contributed by atoms with Gasteiger partial charge in [0.15, 0.2) is 0 Å². The standard InChI is InChI=1S/C12H15N4O5Se/c13-11-9(16(19)20)6-5-8(12(11)15-22-21)14-7-3-1-2-4-10(17)18/h5-6H,1-4,7,13H2,(H,17,18). The third-order valence-corrected chi connectivity index (χ3v) is 3.37. The van der Waals surface area contributed by atoms with Crippen molar-refractivity contribution in [3.63, 3.8) is 0 Å². The fraction of sp³-hybridized carbons (Fsp3) is 0.417. The zero-order valence-corrected chi connectivity index (χ0v) is 13.3. The second-order valence-electron chi connectivity index (χ2n) is 4.38. The summed E-state index contributed by atoms with van der Waals surface area (Å²) in [6, 6.07) is 0. The Labute approximate surface area is 132 Å². The maximum atomic E-state index is 10.8. The van der Waals surface area contributed by atoms with Gasteiger partial charge in [0.2, 0.25) is 0 Å². The molecule has 0 unspecified atom stereocenters. The van der Waals surface area contributed by atoms with Crippen molar-refractivity contribution in [3.05, 3.63) is 33.7 Å². The summed E-state index contributed by atoms with van der Waals surface area (Å²) < 4.78 is 14.4. The Morgan fingerprint density at radius 2 is 2.09 bits per heavy atom. The Morgan fingerprint density at radius 1 is 1.36 bits per heavy atom. The summed E-state index contributed by atoms with van der Waals surface area (Å²) in [6.45, 7) is 0.408. The van der Waals surface area contributed by atoms with Gasteiger partial charge in [0.25, 0.3) is 0 Å². The Balaban J connectivity index is 2.71. The van der Waals surface area contributed by atoms with Gasteiger partial charge >= 0.3 is 132 Å². The third-order valence-electron chi connectivity index (χ3n) is 2.83. The number of unbranched alkanes of at least 4 members (excludes halogenated alkanes) is 2. The van der Waals surface area contributed by atoms with E-state index in [-0.39, 0.29) is 23.5 Å². The first-order valence-corrected chi connectivity index (χ1v) is 7.90. The molecule has 1 aliphatic rings. The van der Waals surface area contributed by atoms with E-state index in [1.165, 1.54) is 12.2 Å². The van der Waals surface area contributed by atoms with Crippen LogP contribution in [-0.2, 0) is 8.63 Å². The number of carboxylic acids is 1. The molecule has 0 bridgehead atoms. The van der Waals surface area contributed by atoms with E-state index in [1.807, 2.05) is 0 Å². The van der Waals surface area contributed by atoms with Crippen molar-refractivity contribution >= 4 is 32.5 Å². The number of carboxylic acid groups (broad SMARTS) is 1. The first-order chi connectivity index (χ1) is 10.5. The quantitative estimate of drug-likeness (QED) is 0.208. The van der Waals surface area contributed by atoms with Crippen molar-refractivity contribution in [2.24, 2.45) is 14.7 Å². The predicted molar refractivity (Wildman–Crippen MR) is 79.6 cm³/mol. The summed E-state index contributed by atoms with van der Waals surface area (Å²) in [6.07, 6.45) is 4.70. The van der Waals surface area contributed by atoms with Gasteiger partial charge in [0, 0.05) is 0 Å². The van der Waals surface area contributed by atoms with Crippen LogP contribution in [0, 0.1) is 10.1 Å². The van der Waals surface area contributed by atoms with E-state index in [0.29, 0.717) is 31.5 Å². The van der Waals surface area contributed by atoms with Crippen LogP contribution in [0.3, 0.4) is 0 Å². The Hall–Kier alpha value is -2.19. The van der Waals surface area contributed by atoms with E-state index in [9.17, 15) is 18.7 Å². The molecule has 1 rings (SSSR count). The number of nitro groups is 1. The zero-order valence-electron chi connectivity index (χ0n) is 11.6. The molecule has 10 heteroatoms. The fourth-order valence-corrected chi connectivity index (χ4v) is 2.33. The van der Waals surface area contributed by atoms with Crippen molar-refractivity contribution in [2.75, 3.05) is 6.54 Å². The molecular weight excluding hydrogens is 359 g/mol. The number of nitrogens with zero attached hydrogens (tertiary/aromatic N) is 3. The van der Waals surface area contributed by atoms with Crippen molar-refractivity contribution in [1.29, 1.82) is 0 Å². The van der Waals surface area contributed by atoms with Crippen LogP contribution in [0.4, 0.5) is 0 Å². The monoisotopic (exact) mass is 375 g/mol. The van der Waals surface area contributed by atoms with Crippen LogP contribution in [0.25, 0.3) is 0 Å². The Bertz CT molecular complexity index is 594. The fourth-order valence-electron chi connectivity index (χ4n) is 1.77. The second kappa shape index (κ2) is 8.96. The molecule has 0 saturated carbocycles. The van der Waals surface area contributed by atoms with Gasteiger partial charge in [-0.05, 0) is 0 Å². The predicted octanol–water partition coefficient (Wildman–Crippen LogP) is 0.495. The number of aliphatic imine (C=N–C) groups is 1. The Kier molecular flexibility index (Phi) is 7.27. The first kappa shape index (κ1) is 17.9. The second-order valence-corrected chi connectivity index (χ2v) is 5.07. The summed E-state index contributed by atoms with van der Waals surface area (Å²) in [7, 11) is 0. The van der Waals surface area contributed by atoms with Crippen LogP contribution < -0.4 is 5.73 Å². The summed E-state index contributed by atoms with van der Waals surface area (Å²) in [4.78, 5) is 24.8. The molecule has 0 atom stereocenters. The van der Waals surface area contributed by atoms with Gasteiger partial charge in [0.05, 0.1) is 0 Å². The molecule has 1 aliphatic carbocycles. The minimum absolute atomic E-state index is 0.0646. The number of aliphatic carboxylic acids is 1. The molecule has 1 radical (unpaired) electrons. The topological polar surface area (TPSA) is 148 Å². The van der Waals surface area contributed by atoms with E-state index in [4.69, 9.17) is 10.8 Å². The van der Waals surface area contributed by atoms with E-state index in [0.717, 1.165) is 0 Å². The molecule has 0 aliphatic heterocycles. The molecule has 0 aromatic heterocycles. The van der Waals surface area contributed by atoms with Gasteiger partial charge in [-0.25, -0.2) is 0 Å². The number of carbonyl (C=O) groups is 1. The van der Waals surface area contributed by atoms with Crippen LogP contribution in [0.2, 0.25) is 0 Å². The van der Waals surface area contributed by atoms with Gasteiger partial charge in [-0.2, -0.15) is 0 Å². The summed E-state index contributed by atoms with van der Waals surface area (Å²) in [5, 5.41) is 19.3. The molecule has 0 heterocycles. The number of allylic oxidation sites excluding steroid dienone is 3. The van der Waals surface area contributed by atoms with Crippen LogP contribution in [0.15, 0.2) is 32.5 Å². The molecule has 0 amide bonds. The maximum absolute atomic E-state index is 10.8. The molecule has 3 N–H and O–H groups in total. The molecule has 0 aromatic carbocycles.